The van der Waals surface area contributed by atoms with Crippen molar-refractivity contribution < 1.29 is 13.2 Å². The zero-order valence-corrected chi connectivity index (χ0v) is 13.5. The van der Waals surface area contributed by atoms with Crippen LogP contribution in [0.1, 0.15) is 47.8 Å². The van der Waals surface area contributed by atoms with Gasteiger partial charge in [-0.05, 0) is 37.7 Å². The van der Waals surface area contributed by atoms with Gasteiger partial charge in [0.25, 0.3) is 5.91 Å². The molecule has 0 unspecified atom stereocenters. The fraction of sp³-hybridized carbons (Fsp3) is 0.714. The molecule has 1 aromatic heterocycles. The van der Waals surface area contributed by atoms with Crippen LogP contribution in [0.15, 0.2) is 6.07 Å². The van der Waals surface area contributed by atoms with Crippen molar-refractivity contribution in [2.24, 2.45) is 5.92 Å². The van der Waals surface area contributed by atoms with Crippen molar-refractivity contribution in [1.82, 2.24) is 19.8 Å². The Morgan fingerprint density at radius 2 is 2.05 bits per heavy atom. The first kappa shape index (κ1) is 15.5. The van der Waals surface area contributed by atoms with E-state index in [1.807, 2.05) is 11.0 Å². The summed E-state index contributed by atoms with van der Waals surface area (Å²) in [5.74, 6) is 0.819. The van der Waals surface area contributed by atoms with Gasteiger partial charge in [0.15, 0.2) is 0 Å². The van der Waals surface area contributed by atoms with Gasteiger partial charge in [-0.15, -0.1) is 0 Å². The van der Waals surface area contributed by atoms with E-state index >= 15 is 0 Å². The van der Waals surface area contributed by atoms with Crippen LogP contribution in [0, 0.1) is 5.92 Å². The monoisotopic (exact) mass is 326 g/mol. The molecule has 2 N–H and O–H groups in total. The Morgan fingerprint density at radius 1 is 1.36 bits per heavy atom. The highest BCUT2D eigenvalue weighted by Gasteiger charge is 2.29. The van der Waals surface area contributed by atoms with E-state index in [1.54, 1.807) is 0 Å². The maximum absolute atomic E-state index is 12.4. The van der Waals surface area contributed by atoms with Crippen molar-refractivity contribution in [3.63, 3.8) is 0 Å². The van der Waals surface area contributed by atoms with Gasteiger partial charge < -0.3 is 4.90 Å². The van der Waals surface area contributed by atoms with E-state index in [4.69, 9.17) is 0 Å². The molecule has 1 saturated heterocycles. The van der Waals surface area contributed by atoms with Gasteiger partial charge in [-0.1, -0.05) is 0 Å². The molecule has 22 heavy (non-hydrogen) atoms. The van der Waals surface area contributed by atoms with Crippen molar-refractivity contribution >= 4 is 15.9 Å². The van der Waals surface area contributed by atoms with E-state index in [1.165, 1.54) is 19.1 Å². The molecule has 1 saturated carbocycles. The molecule has 1 aliphatic carbocycles. The third-order valence-corrected chi connectivity index (χ3v) is 5.06. The summed E-state index contributed by atoms with van der Waals surface area (Å²) in [6.45, 7) is 1.76. The van der Waals surface area contributed by atoms with Gasteiger partial charge in [0, 0.05) is 31.2 Å². The largest absolute Gasteiger partial charge is 0.337 e. The Morgan fingerprint density at radius 3 is 2.64 bits per heavy atom. The number of hydrogen-bond acceptors (Lipinski definition) is 4. The smallest absolute Gasteiger partial charge is 0.274 e. The molecule has 2 fully saturated rings. The molecule has 7 nitrogen and oxygen atoms in total. The summed E-state index contributed by atoms with van der Waals surface area (Å²) in [7, 11) is -3.14. The van der Waals surface area contributed by atoms with E-state index in [-0.39, 0.29) is 5.91 Å². The lowest BCUT2D eigenvalue weighted by Gasteiger charge is -2.31. The van der Waals surface area contributed by atoms with Gasteiger partial charge >= 0.3 is 0 Å². The van der Waals surface area contributed by atoms with Crippen LogP contribution in [0.3, 0.4) is 0 Å². The molecule has 0 spiro atoms. The number of aromatic nitrogens is 2. The summed E-state index contributed by atoms with van der Waals surface area (Å²) in [5.41, 5.74) is 1.56. The number of likely N-dealkylation sites (tertiary alicyclic amines) is 1. The Balaban J connectivity index is 1.50. The van der Waals surface area contributed by atoms with Crippen molar-refractivity contribution in [2.75, 3.05) is 25.9 Å². The fourth-order valence-electron chi connectivity index (χ4n) is 2.82. The normalized spacial score (nSPS) is 20.3. The minimum atomic E-state index is -3.14. The van der Waals surface area contributed by atoms with Gasteiger partial charge in [-0.25, -0.2) is 13.1 Å². The lowest BCUT2D eigenvalue weighted by atomic mass is 9.97. The van der Waals surface area contributed by atoms with Crippen LogP contribution < -0.4 is 4.72 Å². The van der Waals surface area contributed by atoms with Crippen molar-refractivity contribution in [3.8, 4) is 0 Å². The molecule has 0 aromatic carbocycles. The van der Waals surface area contributed by atoms with Gasteiger partial charge in [0.05, 0.1) is 6.26 Å². The molecule has 2 heterocycles. The van der Waals surface area contributed by atoms with Crippen LogP contribution in [-0.4, -0.2) is 55.3 Å². The summed E-state index contributed by atoms with van der Waals surface area (Å²) in [6.07, 6.45) is 5.14. The lowest BCUT2D eigenvalue weighted by molar-refractivity contribution is 0.0686. The van der Waals surface area contributed by atoms with Gasteiger partial charge in [0.2, 0.25) is 10.0 Å². The number of amides is 1. The van der Waals surface area contributed by atoms with Crippen LogP contribution in [0.5, 0.6) is 0 Å². The molecule has 122 valence electrons. The number of piperidine rings is 1. The molecular weight excluding hydrogens is 304 g/mol. The third-order valence-electron chi connectivity index (χ3n) is 4.37. The first-order chi connectivity index (χ1) is 10.4. The fourth-order valence-corrected chi connectivity index (χ4v) is 3.36. The van der Waals surface area contributed by atoms with E-state index in [0.29, 0.717) is 37.2 Å². The summed E-state index contributed by atoms with van der Waals surface area (Å²) in [5, 5.41) is 7.09. The number of nitrogens with one attached hydrogen (secondary N) is 2. The predicted molar refractivity (Wildman–Crippen MR) is 82.0 cm³/mol. The van der Waals surface area contributed by atoms with Crippen LogP contribution in [0.25, 0.3) is 0 Å². The van der Waals surface area contributed by atoms with Crippen molar-refractivity contribution in [3.05, 3.63) is 17.5 Å². The van der Waals surface area contributed by atoms with Crippen LogP contribution in [0.2, 0.25) is 0 Å². The van der Waals surface area contributed by atoms with Crippen LogP contribution >= 0.6 is 0 Å². The predicted octanol–water partition coefficient (Wildman–Crippen LogP) is 0.688. The second kappa shape index (κ2) is 6.00. The van der Waals surface area contributed by atoms with E-state index < -0.39 is 10.0 Å². The molecule has 1 aliphatic heterocycles. The lowest BCUT2D eigenvalue weighted by Crippen LogP contribution is -2.41. The number of aromatic amines is 1. The molecular formula is C14H22N4O3S. The molecule has 2 aliphatic rings. The highest BCUT2D eigenvalue weighted by molar-refractivity contribution is 7.88. The summed E-state index contributed by atoms with van der Waals surface area (Å²) in [6, 6.07) is 1.87. The van der Waals surface area contributed by atoms with Gasteiger partial charge in [0.1, 0.15) is 5.69 Å². The Kier molecular flexibility index (Phi) is 4.22. The van der Waals surface area contributed by atoms with Crippen molar-refractivity contribution in [2.45, 2.75) is 31.6 Å². The van der Waals surface area contributed by atoms with Crippen LogP contribution in [0.4, 0.5) is 0 Å². The van der Waals surface area contributed by atoms with Gasteiger partial charge in [-0.3, -0.25) is 9.89 Å². The first-order valence-corrected chi connectivity index (χ1v) is 9.61. The molecule has 8 heteroatoms. The second-order valence-corrected chi connectivity index (χ2v) is 8.17. The highest BCUT2D eigenvalue weighted by Crippen LogP contribution is 2.39. The number of H-pyrrole nitrogens is 1. The summed E-state index contributed by atoms with van der Waals surface area (Å²) in [4.78, 5) is 14.2. The summed E-state index contributed by atoms with van der Waals surface area (Å²) < 4.78 is 24.8. The molecule has 0 bridgehead atoms. The summed E-state index contributed by atoms with van der Waals surface area (Å²) >= 11 is 0. The van der Waals surface area contributed by atoms with Crippen LogP contribution in [-0.2, 0) is 10.0 Å². The minimum absolute atomic E-state index is 0.0299. The van der Waals surface area contributed by atoms with E-state index in [0.717, 1.165) is 18.5 Å². The zero-order valence-electron chi connectivity index (χ0n) is 12.7. The third kappa shape index (κ3) is 3.86. The molecule has 1 aromatic rings. The molecule has 0 radical (unpaired) electrons. The van der Waals surface area contributed by atoms with Gasteiger partial charge in [-0.2, -0.15) is 5.10 Å². The number of rotatable bonds is 5. The number of carbonyl (C=O) groups excluding carboxylic acids is 1. The Labute approximate surface area is 130 Å². The average Bonchev–Trinajstić information content (AvgIpc) is 3.22. The SMILES string of the molecule is CS(=O)(=O)NCC1CCN(C(=O)c2cc(C3CC3)[nH]n2)CC1. The van der Waals surface area contributed by atoms with E-state index in [2.05, 4.69) is 14.9 Å². The first-order valence-electron chi connectivity index (χ1n) is 7.71. The number of hydrogen-bond donors (Lipinski definition) is 2. The number of sulfonamides is 1. The highest BCUT2D eigenvalue weighted by atomic mass is 32.2. The zero-order chi connectivity index (χ0) is 15.7. The standard InChI is InChI=1S/C14H22N4O3S/c1-22(20,21)15-9-10-4-6-18(7-5-10)14(19)13-8-12(16-17-13)11-2-3-11/h8,10-11,15H,2-7,9H2,1H3,(H,16,17). The molecule has 1 amide bonds. The molecule has 0 atom stereocenters. The number of carbonyl (C=O) groups is 1. The maximum Gasteiger partial charge on any atom is 0.274 e. The minimum Gasteiger partial charge on any atom is -0.337 e. The Bertz CT molecular complexity index is 643. The number of nitrogens with zero attached hydrogens (tertiary/aromatic N) is 2. The topological polar surface area (TPSA) is 95.2 Å². The van der Waals surface area contributed by atoms with E-state index in [9.17, 15) is 13.2 Å². The maximum atomic E-state index is 12.4. The van der Waals surface area contributed by atoms with Crippen molar-refractivity contribution in [1.29, 1.82) is 0 Å². The average molecular weight is 326 g/mol. The quantitative estimate of drug-likeness (QED) is 0.832. The second-order valence-electron chi connectivity index (χ2n) is 6.34. The molecule has 3 rings (SSSR count). The Hall–Kier alpha value is -1.41.